The number of aromatic hydroxyl groups is 1. The van der Waals surface area contributed by atoms with Crippen LogP contribution in [0.15, 0.2) is 18.2 Å². The van der Waals surface area contributed by atoms with Crippen LogP contribution in [0.4, 0.5) is 4.79 Å². The minimum Gasteiger partial charge on any atom is -0.508 e. The molecule has 1 rings (SSSR count). The van der Waals surface area contributed by atoms with Gasteiger partial charge < -0.3 is 14.7 Å². The van der Waals surface area contributed by atoms with E-state index in [2.05, 4.69) is 0 Å². The summed E-state index contributed by atoms with van der Waals surface area (Å²) in [5.41, 5.74) is 1.44. The summed E-state index contributed by atoms with van der Waals surface area (Å²) in [6.45, 7) is 7.94. The van der Waals surface area contributed by atoms with E-state index in [1.165, 1.54) is 4.90 Å². The molecule has 0 radical (unpaired) electrons. The van der Waals surface area contributed by atoms with E-state index in [1.54, 1.807) is 19.2 Å². The third kappa shape index (κ3) is 5.20. The number of carbonyl (C=O) groups is 1. The fourth-order valence-electron chi connectivity index (χ4n) is 1.72. The molecule has 0 heterocycles. The van der Waals surface area contributed by atoms with Crippen LogP contribution >= 0.6 is 0 Å². The molecular formula is C15H23NO3. The molecule has 0 bridgehead atoms. The third-order valence-electron chi connectivity index (χ3n) is 2.57. The Balaban J connectivity index is 2.74. The highest BCUT2D eigenvalue weighted by atomic mass is 16.6. The minimum atomic E-state index is -0.501. The average Bonchev–Trinajstić information content (AvgIpc) is 2.25. The molecule has 0 aliphatic heterocycles. The molecule has 19 heavy (non-hydrogen) atoms. The van der Waals surface area contributed by atoms with Gasteiger partial charge in [0.05, 0.1) is 0 Å². The zero-order valence-corrected chi connectivity index (χ0v) is 12.4. The number of aryl methyl sites for hydroxylation is 1. The first kappa shape index (κ1) is 15.3. The van der Waals surface area contributed by atoms with E-state index in [-0.39, 0.29) is 11.8 Å². The van der Waals surface area contributed by atoms with Gasteiger partial charge in [-0.3, -0.25) is 0 Å². The van der Waals surface area contributed by atoms with Gasteiger partial charge in [0.25, 0.3) is 0 Å². The number of phenols is 1. The quantitative estimate of drug-likeness (QED) is 0.912. The van der Waals surface area contributed by atoms with Crippen LogP contribution in [-0.4, -0.2) is 28.7 Å². The molecule has 106 valence electrons. The Kier molecular flexibility index (Phi) is 4.81. The Hall–Kier alpha value is -1.71. The second-order valence-corrected chi connectivity index (χ2v) is 5.70. The highest BCUT2D eigenvalue weighted by molar-refractivity contribution is 5.67. The predicted octanol–water partition coefficient (Wildman–Crippen LogP) is 3.32. The van der Waals surface area contributed by atoms with Crippen LogP contribution in [0.3, 0.4) is 0 Å². The summed E-state index contributed by atoms with van der Waals surface area (Å²) < 4.78 is 5.28. The number of hydrogen-bond acceptors (Lipinski definition) is 3. The van der Waals surface area contributed by atoms with E-state index in [4.69, 9.17) is 4.74 Å². The van der Waals surface area contributed by atoms with Gasteiger partial charge in [0.15, 0.2) is 0 Å². The first-order chi connectivity index (χ1) is 8.71. The van der Waals surface area contributed by atoms with E-state index in [0.29, 0.717) is 6.54 Å². The zero-order chi connectivity index (χ0) is 14.6. The lowest BCUT2D eigenvalue weighted by Crippen LogP contribution is -2.33. The summed E-state index contributed by atoms with van der Waals surface area (Å²) in [7, 11) is 1.68. The van der Waals surface area contributed by atoms with Crippen LogP contribution in [0.5, 0.6) is 5.75 Å². The molecule has 1 N–H and O–H groups in total. The third-order valence-corrected chi connectivity index (χ3v) is 2.57. The molecule has 0 saturated carbocycles. The molecule has 4 nitrogen and oxygen atoms in total. The molecule has 1 amide bonds. The fourth-order valence-corrected chi connectivity index (χ4v) is 1.72. The van der Waals surface area contributed by atoms with Crippen molar-refractivity contribution in [2.75, 3.05) is 7.05 Å². The van der Waals surface area contributed by atoms with Crippen molar-refractivity contribution in [3.63, 3.8) is 0 Å². The molecule has 0 unspecified atom stereocenters. The van der Waals surface area contributed by atoms with Crippen LogP contribution in [-0.2, 0) is 17.7 Å². The van der Waals surface area contributed by atoms with Crippen molar-refractivity contribution in [2.45, 2.75) is 46.3 Å². The number of nitrogens with zero attached hydrogens (tertiary/aromatic N) is 1. The number of amides is 1. The molecule has 0 saturated heterocycles. The first-order valence-electron chi connectivity index (χ1n) is 6.47. The average molecular weight is 265 g/mol. The number of rotatable bonds is 3. The van der Waals surface area contributed by atoms with Gasteiger partial charge in [0.2, 0.25) is 0 Å². The molecule has 0 atom stereocenters. The maximum absolute atomic E-state index is 11.8. The molecule has 0 aliphatic rings. The zero-order valence-electron chi connectivity index (χ0n) is 12.4. The number of ether oxygens (including phenoxy) is 1. The van der Waals surface area contributed by atoms with Crippen LogP contribution in [0.2, 0.25) is 0 Å². The van der Waals surface area contributed by atoms with Gasteiger partial charge in [-0.15, -0.1) is 0 Å². The summed E-state index contributed by atoms with van der Waals surface area (Å²) in [5.74, 6) is 0.229. The van der Waals surface area contributed by atoms with E-state index in [1.807, 2.05) is 33.8 Å². The molecule has 0 aliphatic carbocycles. The topological polar surface area (TPSA) is 49.8 Å². The Labute approximate surface area is 115 Å². The van der Waals surface area contributed by atoms with E-state index in [9.17, 15) is 9.90 Å². The van der Waals surface area contributed by atoms with Crippen molar-refractivity contribution in [3.05, 3.63) is 29.3 Å². The summed E-state index contributed by atoms with van der Waals surface area (Å²) in [6.07, 6.45) is 0.478. The molecule has 1 aromatic carbocycles. The number of hydrogen-bond donors (Lipinski definition) is 1. The van der Waals surface area contributed by atoms with Crippen LogP contribution in [0.1, 0.15) is 38.8 Å². The number of phenolic OH excluding ortho intramolecular Hbond substituents is 1. The fraction of sp³-hybridized carbons (Fsp3) is 0.533. The Morgan fingerprint density at radius 2 is 1.84 bits per heavy atom. The molecule has 0 fully saturated rings. The lowest BCUT2D eigenvalue weighted by Gasteiger charge is -2.24. The smallest absolute Gasteiger partial charge is 0.410 e. The van der Waals surface area contributed by atoms with Gasteiger partial charge in [0.1, 0.15) is 11.4 Å². The Bertz CT molecular complexity index is 449. The van der Waals surface area contributed by atoms with Crippen molar-refractivity contribution in [3.8, 4) is 5.75 Å². The SMILES string of the molecule is CCc1cc(O)cc(CN(C)C(=O)OC(C)(C)C)c1. The van der Waals surface area contributed by atoms with Crippen molar-refractivity contribution in [1.82, 2.24) is 4.90 Å². The first-order valence-corrected chi connectivity index (χ1v) is 6.47. The monoisotopic (exact) mass is 265 g/mol. The second-order valence-electron chi connectivity index (χ2n) is 5.70. The number of benzene rings is 1. The molecule has 4 heteroatoms. The van der Waals surface area contributed by atoms with Crippen molar-refractivity contribution < 1.29 is 14.6 Å². The van der Waals surface area contributed by atoms with E-state index < -0.39 is 5.60 Å². The molecule has 0 spiro atoms. The molecule has 1 aromatic rings. The number of carbonyl (C=O) groups excluding carboxylic acids is 1. The second kappa shape index (κ2) is 5.95. The summed E-state index contributed by atoms with van der Waals surface area (Å²) in [4.78, 5) is 13.3. The van der Waals surface area contributed by atoms with E-state index >= 15 is 0 Å². The van der Waals surface area contributed by atoms with Gasteiger partial charge >= 0.3 is 6.09 Å². The van der Waals surface area contributed by atoms with Crippen LogP contribution in [0, 0.1) is 0 Å². The van der Waals surface area contributed by atoms with Crippen LogP contribution < -0.4 is 0 Å². The van der Waals surface area contributed by atoms with Crippen molar-refractivity contribution >= 4 is 6.09 Å². The maximum atomic E-state index is 11.8. The highest BCUT2D eigenvalue weighted by Crippen LogP contribution is 2.18. The van der Waals surface area contributed by atoms with Gasteiger partial charge in [-0.1, -0.05) is 13.0 Å². The lowest BCUT2D eigenvalue weighted by molar-refractivity contribution is 0.0285. The van der Waals surface area contributed by atoms with Gasteiger partial charge in [0, 0.05) is 13.6 Å². The minimum absolute atomic E-state index is 0.229. The lowest BCUT2D eigenvalue weighted by atomic mass is 10.1. The standard InChI is InChI=1S/C15H23NO3/c1-6-11-7-12(9-13(17)8-11)10-16(5)14(18)19-15(2,3)4/h7-9,17H,6,10H2,1-5H3. The van der Waals surface area contributed by atoms with Gasteiger partial charge in [-0.05, 0) is 50.5 Å². The van der Waals surface area contributed by atoms with Gasteiger partial charge in [-0.2, -0.15) is 0 Å². The Morgan fingerprint density at radius 1 is 1.26 bits per heavy atom. The van der Waals surface area contributed by atoms with Crippen molar-refractivity contribution in [2.24, 2.45) is 0 Å². The normalized spacial score (nSPS) is 11.2. The van der Waals surface area contributed by atoms with Gasteiger partial charge in [-0.25, -0.2) is 4.79 Å². The van der Waals surface area contributed by atoms with Crippen LogP contribution in [0.25, 0.3) is 0 Å². The Morgan fingerprint density at radius 3 is 2.37 bits per heavy atom. The largest absolute Gasteiger partial charge is 0.508 e. The maximum Gasteiger partial charge on any atom is 0.410 e. The summed E-state index contributed by atoms with van der Waals surface area (Å²) >= 11 is 0. The predicted molar refractivity (Wildman–Crippen MR) is 75.2 cm³/mol. The summed E-state index contributed by atoms with van der Waals surface area (Å²) in [6, 6.07) is 5.39. The van der Waals surface area contributed by atoms with E-state index in [0.717, 1.165) is 17.5 Å². The van der Waals surface area contributed by atoms with Crippen molar-refractivity contribution in [1.29, 1.82) is 0 Å². The molecular weight excluding hydrogens is 242 g/mol. The highest BCUT2D eigenvalue weighted by Gasteiger charge is 2.19. The summed E-state index contributed by atoms with van der Waals surface area (Å²) in [5, 5.41) is 9.63. The molecule has 0 aromatic heterocycles.